The first-order valence-corrected chi connectivity index (χ1v) is 10.5. The maximum Gasteiger partial charge on any atom is 0.267 e. The van der Waals surface area contributed by atoms with Gasteiger partial charge in [-0.05, 0) is 35.0 Å². The van der Waals surface area contributed by atoms with Gasteiger partial charge in [0.15, 0.2) is 5.13 Å². The van der Waals surface area contributed by atoms with Gasteiger partial charge in [-0.3, -0.25) is 14.9 Å². The van der Waals surface area contributed by atoms with Gasteiger partial charge in [-0.25, -0.2) is 4.98 Å². The highest BCUT2D eigenvalue weighted by Gasteiger charge is 2.19. The molecular formula is C19H13N3O2S3. The molecule has 2 N–H and O–H groups in total. The monoisotopic (exact) mass is 411 g/mol. The Hall–Kier alpha value is -2.81. The van der Waals surface area contributed by atoms with E-state index < -0.39 is 0 Å². The van der Waals surface area contributed by atoms with E-state index in [1.54, 1.807) is 18.2 Å². The predicted octanol–water partition coefficient (Wildman–Crippen LogP) is 5.44. The Kier molecular flexibility index (Phi) is 5.10. The minimum Gasteiger partial charge on any atom is -0.312 e. The van der Waals surface area contributed by atoms with Crippen LogP contribution in [0.5, 0.6) is 0 Å². The Morgan fingerprint density at radius 1 is 0.815 bits per heavy atom. The van der Waals surface area contributed by atoms with E-state index >= 15 is 0 Å². The Labute approximate surface area is 167 Å². The van der Waals surface area contributed by atoms with E-state index in [0.717, 1.165) is 4.88 Å². The number of nitrogens with zero attached hydrogens (tertiary/aromatic N) is 1. The van der Waals surface area contributed by atoms with Crippen LogP contribution in [0, 0.1) is 0 Å². The number of rotatable bonds is 5. The Bertz CT molecular complexity index is 1060. The lowest BCUT2D eigenvalue weighted by atomic mass is 10.2. The van der Waals surface area contributed by atoms with Crippen LogP contribution in [-0.4, -0.2) is 16.8 Å². The van der Waals surface area contributed by atoms with Gasteiger partial charge in [-0.1, -0.05) is 41.7 Å². The Morgan fingerprint density at radius 2 is 1.59 bits per heavy atom. The first-order chi connectivity index (χ1) is 13.2. The lowest BCUT2D eigenvalue weighted by Crippen LogP contribution is -2.11. The lowest BCUT2D eigenvalue weighted by Gasteiger charge is -2.03. The summed E-state index contributed by atoms with van der Waals surface area (Å²) in [6.45, 7) is 0. The molecular weight excluding hydrogens is 398 g/mol. The van der Waals surface area contributed by atoms with Crippen LogP contribution in [0.25, 0.3) is 10.6 Å². The van der Waals surface area contributed by atoms with Crippen molar-refractivity contribution in [1.29, 1.82) is 0 Å². The molecule has 0 saturated heterocycles. The Balaban J connectivity index is 1.62. The SMILES string of the molecule is O=C(Nc1sc(NC(=O)c2cccs2)nc1-c1cccs1)c1ccccc1. The smallest absolute Gasteiger partial charge is 0.267 e. The van der Waals surface area contributed by atoms with E-state index in [1.165, 1.54) is 34.0 Å². The van der Waals surface area contributed by atoms with Crippen molar-refractivity contribution >= 4 is 56.0 Å². The number of hydrogen-bond donors (Lipinski definition) is 2. The molecule has 3 heterocycles. The third-order valence-corrected chi connectivity index (χ3v) is 6.24. The van der Waals surface area contributed by atoms with Gasteiger partial charge in [0.1, 0.15) is 10.7 Å². The highest BCUT2D eigenvalue weighted by atomic mass is 32.1. The molecule has 5 nitrogen and oxygen atoms in total. The molecule has 4 rings (SSSR count). The van der Waals surface area contributed by atoms with Gasteiger partial charge < -0.3 is 5.32 Å². The molecule has 1 aromatic carbocycles. The summed E-state index contributed by atoms with van der Waals surface area (Å²) < 4.78 is 0. The van der Waals surface area contributed by atoms with Crippen molar-refractivity contribution in [2.45, 2.75) is 0 Å². The van der Waals surface area contributed by atoms with E-state index in [9.17, 15) is 9.59 Å². The molecule has 134 valence electrons. The van der Waals surface area contributed by atoms with Gasteiger partial charge in [-0.15, -0.1) is 22.7 Å². The van der Waals surface area contributed by atoms with Crippen LogP contribution in [0.3, 0.4) is 0 Å². The van der Waals surface area contributed by atoms with Gasteiger partial charge in [0, 0.05) is 5.56 Å². The molecule has 0 unspecified atom stereocenters. The number of hydrogen-bond acceptors (Lipinski definition) is 6. The molecule has 0 aliphatic carbocycles. The zero-order valence-corrected chi connectivity index (χ0v) is 16.3. The number of amides is 2. The summed E-state index contributed by atoms with van der Waals surface area (Å²) in [5.41, 5.74) is 1.22. The molecule has 0 atom stereocenters. The molecule has 2 amide bonds. The Morgan fingerprint density at radius 3 is 2.30 bits per heavy atom. The molecule has 0 bridgehead atoms. The maximum atomic E-state index is 12.5. The molecule has 0 aliphatic heterocycles. The van der Waals surface area contributed by atoms with Crippen molar-refractivity contribution in [3.63, 3.8) is 0 Å². The number of benzene rings is 1. The van der Waals surface area contributed by atoms with Crippen molar-refractivity contribution in [2.75, 3.05) is 10.6 Å². The number of thiophene rings is 2. The van der Waals surface area contributed by atoms with Gasteiger partial charge in [-0.2, -0.15) is 0 Å². The van der Waals surface area contributed by atoms with Crippen molar-refractivity contribution < 1.29 is 9.59 Å². The van der Waals surface area contributed by atoms with Crippen LogP contribution in [0.15, 0.2) is 65.4 Å². The van der Waals surface area contributed by atoms with Gasteiger partial charge in [0.25, 0.3) is 11.8 Å². The number of thiazole rings is 1. The zero-order chi connectivity index (χ0) is 18.6. The number of carbonyl (C=O) groups is 2. The average molecular weight is 412 g/mol. The fourth-order valence-electron chi connectivity index (χ4n) is 2.37. The summed E-state index contributed by atoms with van der Waals surface area (Å²) in [5, 5.41) is 10.6. The predicted molar refractivity (Wildman–Crippen MR) is 112 cm³/mol. The molecule has 0 saturated carbocycles. The molecule has 4 aromatic rings. The van der Waals surface area contributed by atoms with Crippen molar-refractivity contribution in [3.05, 3.63) is 75.8 Å². The average Bonchev–Trinajstić information content (AvgIpc) is 3.44. The maximum absolute atomic E-state index is 12.5. The fourth-order valence-corrected chi connectivity index (χ4v) is 4.64. The standard InChI is InChI=1S/C19H13N3O2S3/c23-16(12-6-2-1-3-7-12)21-18-15(13-8-4-10-25-13)20-19(27-18)22-17(24)14-9-5-11-26-14/h1-11H,(H,21,23)(H,20,22,24). The number of anilines is 2. The van der Waals surface area contributed by atoms with Crippen LogP contribution >= 0.6 is 34.0 Å². The van der Waals surface area contributed by atoms with E-state index in [1.807, 2.05) is 47.2 Å². The summed E-state index contributed by atoms with van der Waals surface area (Å²) >= 11 is 4.13. The second-order valence-electron chi connectivity index (χ2n) is 5.43. The summed E-state index contributed by atoms with van der Waals surface area (Å²) in [6.07, 6.45) is 0. The summed E-state index contributed by atoms with van der Waals surface area (Å²) in [7, 11) is 0. The first-order valence-electron chi connectivity index (χ1n) is 7.96. The van der Waals surface area contributed by atoms with Crippen molar-refractivity contribution in [1.82, 2.24) is 4.98 Å². The minimum atomic E-state index is -0.215. The largest absolute Gasteiger partial charge is 0.312 e. The zero-order valence-electron chi connectivity index (χ0n) is 13.8. The van der Waals surface area contributed by atoms with Gasteiger partial charge in [0.2, 0.25) is 0 Å². The van der Waals surface area contributed by atoms with Gasteiger partial charge >= 0.3 is 0 Å². The summed E-state index contributed by atoms with van der Waals surface area (Å²) in [5.74, 6) is -0.425. The lowest BCUT2D eigenvalue weighted by molar-refractivity contribution is 0.102. The van der Waals surface area contributed by atoms with E-state index in [0.29, 0.717) is 26.3 Å². The quantitative estimate of drug-likeness (QED) is 0.459. The van der Waals surface area contributed by atoms with E-state index in [2.05, 4.69) is 15.6 Å². The normalized spacial score (nSPS) is 10.5. The molecule has 0 fully saturated rings. The second kappa shape index (κ2) is 7.83. The molecule has 0 radical (unpaired) electrons. The number of nitrogens with one attached hydrogen (secondary N) is 2. The molecule has 0 spiro atoms. The minimum absolute atomic E-state index is 0.211. The van der Waals surface area contributed by atoms with Gasteiger partial charge in [0.05, 0.1) is 9.75 Å². The molecule has 27 heavy (non-hydrogen) atoms. The van der Waals surface area contributed by atoms with Crippen LogP contribution in [-0.2, 0) is 0 Å². The summed E-state index contributed by atoms with van der Waals surface area (Å²) in [6, 6.07) is 16.4. The van der Waals surface area contributed by atoms with E-state index in [-0.39, 0.29) is 11.8 Å². The van der Waals surface area contributed by atoms with Crippen molar-refractivity contribution in [3.8, 4) is 10.6 Å². The van der Waals surface area contributed by atoms with Crippen LogP contribution < -0.4 is 10.6 Å². The fraction of sp³-hybridized carbons (Fsp3) is 0. The second-order valence-corrected chi connectivity index (χ2v) is 8.32. The molecule has 3 aromatic heterocycles. The number of carbonyl (C=O) groups excluding carboxylic acids is 2. The summed E-state index contributed by atoms with van der Waals surface area (Å²) in [4.78, 5) is 30.9. The highest BCUT2D eigenvalue weighted by Crippen LogP contribution is 2.38. The van der Waals surface area contributed by atoms with Crippen molar-refractivity contribution in [2.24, 2.45) is 0 Å². The number of aromatic nitrogens is 1. The third kappa shape index (κ3) is 3.97. The van der Waals surface area contributed by atoms with Crippen LogP contribution in [0.1, 0.15) is 20.0 Å². The van der Waals surface area contributed by atoms with E-state index in [4.69, 9.17) is 0 Å². The third-order valence-electron chi connectivity index (χ3n) is 3.61. The topological polar surface area (TPSA) is 71.1 Å². The molecule has 8 heteroatoms. The molecule has 0 aliphatic rings. The highest BCUT2D eigenvalue weighted by molar-refractivity contribution is 7.21. The first kappa shape index (κ1) is 17.6. The van der Waals surface area contributed by atoms with Crippen LogP contribution in [0.4, 0.5) is 10.1 Å². The van der Waals surface area contributed by atoms with Crippen LogP contribution in [0.2, 0.25) is 0 Å².